The van der Waals surface area contributed by atoms with Crippen LogP contribution in [0, 0.1) is 0 Å². The third kappa shape index (κ3) is 6.49. The second-order valence-corrected chi connectivity index (χ2v) is 9.52. The van der Waals surface area contributed by atoms with E-state index in [1.165, 1.54) is 18.0 Å². The maximum absolute atomic E-state index is 13.4. The standard InChI is InChI=1S/C25H27Br2N3O5/c1-5-7-8-22-29-20-10-9-17(26)12-19(20)24(31)30(22)28-14-16-11-18(27)13-21(33-4)23(16)35-15(3)25(32)34-6-2/h9-15H,5-8H2,1-4H3/t15-/m0/s1. The Hall–Kier alpha value is -2.72. The molecular formula is C25H27Br2N3O5. The lowest BCUT2D eigenvalue weighted by atomic mass is 10.2. The van der Waals surface area contributed by atoms with E-state index in [1.807, 2.05) is 12.1 Å². The second-order valence-electron chi connectivity index (χ2n) is 7.69. The van der Waals surface area contributed by atoms with Crippen LogP contribution < -0.4 is 15.0 Å². The maximum atomic E-state index is 13.4. The first-order valence-electron chi connectivity index (χ1n) is 11.2. The summed E-state index contributed by atoms with van der Waals surface area (Å²) in [6.07, 6.45) is 3.04. The van der Waals surface area contributed by atoms with E-state index in [2.05, 4.69) is 43.9 Å². The first-order chi connectivity index (χ1) is 16.8. The zero-order valence-corrected chi connectivity index (χ0v) is 23.2. The monoisotopic (exact) mass is 607 g/mol. The molecule has 0 aliphatic heterocycles. The molecule has 0 aliphatic rings. The Labute approximate surface area is 220 Å². The molecule has 1 heterocycles. The van der Waals surface area contributed by atoms with Gasteiger partial charge in [-0.3, -0.25) is 4.79 Å². The summed E-state index contributed by atoms with van der Waals surface area (Å²) >= 11 is 6.88. The van der Waals surface area contributed by atoms with E-state index >= 15 is 0 Å². The lowest BCUT2D eigenvalue weighted by molar-refractivity contribution is -0.150. The molecular weight excluding hydrogens is 582 g/mol. The van der Waals surface area contributed by atoms with Crippen LogP contribution >= 0.6 is 31.9 Å². The summed E-state index contributed by atoms with van der Waals surface area (Å²) in [5, 5.41) is 4.96. The van der Waals surface area contributed by atoms with Crippen molar-refractivity contribution >= 4 is 54.9 Å². The number of fused-ring (bicyclic) bond motifs is 1. The minimum absolute atomic E-state index is 0.243. The van der Waals surface area contributed by atoms with Crippen LogP contribution in [-0.2, 0) is 16.0 Å². The van der Waals surface area contributed by atoms with Crippen LogP contribution in [0.4, 0.5) is 0 Å². The molecule has 35 heavy (non-hydrogen) atoms. The second kappa shape index (κ2) is 12.3. The van der Waals surface area contributed by atoms with Gasteiger partial charge < -0.3 is 14.2 Å². The molecule has 10 heteroatoms. The Kier molecular flexibility index (Phi) is 9.45. The number of carbonyl (C=O) groups is 1. The maximum Gasteiger partial charge on any atom is 0.347 e. The van der Waals surface area contributed by atoms with Crippen molar-refractivity contribution in [2.45, 2.75) is 46.1 Å². The van der Waals surface area contributed by atoms with E-state index in [4.69, 9.17) is 19.2 Å². The smallest absolute Gasteiger partial charge is 0.347 e. The van der Waals surface area contributed by atoms with Gasteiger partial charge in [-0.15, -0.1) is 0 Å². The fraction of sp³-hybridized carbons (Fsp3) is 0.360. The molecule has 0 saturated heterocycles. The van der Waals surface area contributed by atoms with Gasteiger partial charge in [0.05, 0.1) is 30.8 Å². The number of hydrogen-bond donors (Lipinski definition) is 0. The molecule has 0 bridgehead atoms. The minimum Gasteiger partial charge on any atom is -0.493 e. The molecule has 0 amide bonds. The number of methoxy groups -OCH3 is 1. The fourth-order valence-corrected chi connectivity index (χ4v) is 4.19. The van der Waals surface area contributed by atoms with Crippen molar-refractivity contribution in [2.75, 3.05) is 13.7 Å². The highest BCUT2D eigenvalue weighted by atomic mass is 79.9. The molecule has 0 fully saturated rings. The van der Waals surface area contributed by atoms with Gasteiger partial charge in [-0.25, -0.2) is 9.78 Å². The summed E-state index contributed by atoms with van der Waals surface area (Å²) in [5.74, 6) is 0.769. The van der Waals surface area contributed by atoms with Crippen LogP contribution in [0.5, 0.6) is 11.5 Å². The van der Waals surface area contributed by atoms with E-state index in [0.717, 1.165) is 17.3 Å². The average molecular weight is 609 g/mol. The first-order valence-corrected chi connectivity index (χ1v) is 12.8. The third-order valence-electron chi connectivity index (χ3n) is 5.12. The van der Waals surface area contributed by atoms with Crippen molar-refractivity contribution in [3.8, 4) is 11.5 Å². The van der Waals surface area contributed by atoms with Gasteiger partial charge in [0.2, 0.25) is 0 Å². The van der Waals surface area contributed by atoms with E-state index in [9.17, 15) is 9.59 Å². The molecule has 1 atom stereocenters. The number of nitrogens with zero attached hydrogens (tertiary/aromatic N) is 3. The molecule has 2 aromatic carbocycles. The van der Waals surface area contributed by atoms with Gasteiger partial charge in [0.1, 0.15) is 5.82 Å². The lowest BCUT2D eigenvalue weighted by Crippen LogP contribution is -2.26. The Morgan fingerprint density at radius 2 is 1.97 bits per heavy atom. The number of aromatic nitrogens is 2. The van der Waals surface area contributed by atoms with Crippen LogP contribution in [-0.4, -0.2) is 41.7 Å². The van der Waals surface area contributed by atoms with Crippen LogP contribution in [0.3, 0.4) is 0 Å². The van der Waals surface area contributed by atoms with Crippen molar-refractivity contribution in [3.63, 3.8) is 0 Å². The highest BCUT2D eigenvalue weighted by Crippen LogP contribution is 2.35. The van der Waals surface area contributed by atoms with Gasteiger partial charge in [-0.2, -0.15) is 9.78 Å². The summed E-state index contributed by atoms with van der Waals surface area (Å²) in [7, 11) is 1.50. The predicted octanol–water partition coefficient (Wildman–Crippen LogP) is 5.49. The highest BCUT2D eigenvalue weighted by molar-refractivity contribution is 9.10. The highest BCUT2D eigenvalue weighted by Gasteiger charge is 2.21. The number of carbonyl (C=O) groups excluding carboxylic acids is 1. The molecule has 0 aliphatic carbocycles. The van der Waals surface area contributed by atoms with Gasteiger partial charge in [0.15, 0.2) is 17.6 Å². The van der Waals surface area contributed by atoms with E-state index in [0.29, 0.717) is 44.7 Å². The zero-order chi connectivity index (χ0) is 25.5. The van der Waals surface area contributed by atoms with Gasteiger partial charge in [0, 0.05) is 20.9 Å². The van der Waals surface area contributed by atoms with Gasteiger partial charge >= 0.3 is 5.97 Å². The third-order valence-corrected chi connectivity index (χ3v) is 6.07. The predicted molar refractivity (Wildman–Crippen MR) is 143 cm³/mol. The zero-order valence-electron chi connectivity index (χ0n) is 20.0. The topological polar surface area (TPSA) is 92.0 Å². The number of halogens is 2. The molecule has 0 radical (unpaired) electrons. The van der Waals surface area contributed by atoms with Gasteiger partial charge in [0.25, 0.3) is 5.56 Å². The summed E-state index contributed by atoms with van der Waals surface area (Å²) in [5.41, 5.74) is 0.852. The summed E-state index contributed by atoms with van der Waals surface area (Å²) in [6, 6.07) is 8.89. The molecule has 3 aromatic rings. The Balaban J connectivity index is 2.12. The normalized spacial score (nSPS) is 12.2. The molecule has 8 nitrogen and oxygen atoms in total. The van der Waals surface area contributed by atoms with Gasteiger partial charge in [-0.05, 0) is 50.6 Å². The van der Waals surface area contributed by atoms with Crippen LogP contribution in [0.1, 0.15) is 45.0 Å². The van der Waals surface area contributed by atoms with Crippen LogP contribution in [0.2, 0.25) is 0 Å². The lowest BCUT2D eigenvalue weighted by Gasteiger charge is -2.18. The van der Waals surface area contributed by atoms with Crippen molar-refractivity contribution in [1.82, 2.24) is 9.66 Å². The number of ether oxygens (including phenoxy) is 3. The number of benzene rings is 2. The summed E-state index contributed by atoms with van der Waals surface area (Å²) in [6.45, 7) is 5.64. The largest absolute Gasteiger partial charge is 0.493 e. The molecule has 3 rings (SSSR count). The Morgan fingerprint density at radius 1 is 1.20 bits per heavy atom. The SMILES string of the molecule is CCCCc1nc2ccc(Br)cc2c(=O)n1N=Cc1cc(Br)cc(OC)c1O[C@@H](C)C(=O)OCC. The van der Waals surface area contributed by atoms with Crippen molar-refractivity contribution in [3.05, 3.63) is 61.0 Å². The number of rotatable bonds is 10. The van der Waals surface area contributed by atoms with E-state index in [-0.39, 0.29) is 12.2 Å². The molecule has 0 saturated carbocycles. The first kappa shape index (κ1) is 26.9. The summed E-state index contributed by atoms with van der Waals surface area (Å²) in [4.78, 5) is 30.2. The molecule has 0 spiro atoms. The van der Waals surface area contributed by atoms with Crippen molar-refractivity contribution in [2.24, 2.45) is 5.10 Å². The quantitative estimate of drug-likeness (QED) is 0.223. The molecule has 0 N–H and O–H groups in total. The van der Waals surface area contributed by atoms with E-state index in [1.54, 1.807) is 32.0 Å². The number of hydrogen-bond acceptors (Lipinski definition) is 7. The number of unbranched alkanes of at least 4 members (excludes halogenated alkanes) is 1. The minimum atomic E-state index is -0.875. The van der Waals surface area contributed by atoms with Crippen LogP contribution in [0.15, 0.2) is 49.2 Å². The Morgan fingerprint density at radius 3 is 2.66 bits per heavy atom. The van der Waals surface area contributed by atoms with Crippen LogP contribution in [0.25, 0.3) is 10.9 Å². The number of aryl methyl sites for hydroxylation is 1. The summed E-state index contributed by atoms with van der Waals surface area (Å²) < 4.78 is 19.3. The average Bonchev–Trinajstić information content (AvgIpc) is 2.83. The molecule has 186 valence electrons. The van der Waals surface area contributed by atoms with Crippen molar-refractivity contribution < 1.29 is 19.0 Å². The van der Waals surface area contributed by atoms with Crippen molar-refractivity contribution in [1.29, 1.82) is 0 Å². The Bertz CT molecular complexity index is 1310. The van der Waals surface area contributed by atoms with Gasteiger partial charge in [-0.1, -0.05) is 45.2 Å². The molecule has 1 aromatic heterocycles. The fourth-order valence-electron chi connectivity index (χ4n) is 3.38. The molecule has 0 unspecified atom stereocenters. The number of esters is 1. The van der Waals surface area contributed by atoms with E-state index < -0.39 is 12.1 Å².